The van der Waals surface area contributed by atoms with Crippen LogP contribution in [0.5, 0.6) is 0 Å². The van der Waals surface area contributed by atoms with Gasteiger partial charge in [0.2, 0.25) is 5.91 Å². The lowest BCUT2D eigenvalue weighted by Gasteiger charge is -2.33. The van der Waals surface area contributed by atoms with Gasteiger partial charge in [-0.1, -0.05) is 0 Å². The van der Waals surface area contributed by atoms with Crippen LogP contribution in [0.25, 0.3) is 0 Å². The molecule has 0 aromatic carbocycles. The molecule has 1 heterocycles. The molecule has 1 fully saturated rings. The molecule has 122 valence electrons. The van der Waals surface area contributed by atoms with Crippen molar-refractivity contribution < 1.29 is 28.2 Å². The number of hydrogen-bond acceptors (Lipinski definition) is 4. The van der Waals surface area contributed by atoms with Crippen LogP contribution in [0.15, 0.2) is 0 Å². The predicted octanol–water partition coefficient (Wildman–Crippen LogP) is 0.571. The number of carboxylic acids is 1. The number of alkyl halides is 2. The van der Waals surface area contributed by atoms with Crippen LogP contribution in [0.3, 0.4) is 0 Å². The Bertz CT molecular complexity index is 342. The second-order valence-electron chi connectivity index (χ2n) is 5.09. The van der Waals surface area contributed by atoms with Gasteiger partial charge in [0.15, 0.2) is 0 Å². The van der Waals surface area contributed by atoms with Crippen molar-refractivity contribution in [3.63, 3.8) is 0 Å². The van der Waals surface area contributed by atoms with Crippen LogP contribution >= 0.6 is 0 Å². The first kappa shape index (κ1) is 17.8. The molecule has 6 nitrogen and oxygen atoms in total. The van der Waals surface area contributed by atoms with E-state index in [0.717, 1.165) is 12.8 Å². The zero-order chi connectivity index (χ0) is 15.7. The molecule has 0 aliphatic carbocycles. The summed E-state index contributed by atoms with van der Waals surface area (Å²) >= 11 is 0. The smallest absolute Gasteiger partial charge is 0.317 e. The van der Waals surface area contributed by atoms with Crippen LogP contribution < -0.4 is 5.32 Å². The largest absolute Gasteiger partial charge is 0.480 e. The van der Waals surface area contributed by atoms with Gasteiger partial charge in [0.1, 0.15) is 6.61 Å². The number of hydrogen-bond donors (Lipinski definition) is 2. The van der Waals surface area contributed by atoms with Gasteiger partial charge in [0.25, 0.3) is 6.43 Å². The number of halogens is 2. The van der Waals surface area contributed by atoms with Crippen molar-refractivity contribution in [2.24, 2.45) is 5.92 Å². The Morgan fingerprint density at radius 2 is 2.19 bits per heavy atom. The van der Waals surface area contributed by atoms with Crippen molar-refractivity contribution in [2.45, 2.75) is 25.7 Å². The molecule has 0 aromatic rings. The summed E-state index contributed by atoms with van der Waals surface area (Å²) in [4.78, 5) is 24.0. The number of carbonyl (C=O) groups excluding carboxylic acids is 1. The molecular formula is C13H22F2N2O4. The topological polar surface area (TPSA) is 78.9 Å². The third kappa shape index (κ3) is 7.91. The minimum atomic E-state index is -2.51. The maximum Gasteiger partial charge on any atom is 0.317 e. The minimum Gasteiger partial charge on any atom is -0.480 e. The molecule has 0 saturated carbocycles. The van der Waals surface area contributed by atoms with E-state index in [1.165, 1.54) is 0 Å². The SMILES string of the molecule is O=C(O)CNCC1CCCN(C(=O)CCOCC(F)F)C1. The normalized spacial score (nSPS) is 19.0. The molecule has 1 unspecified atom stereocenters. The van der Waals surface area contributed by atoms with Crippen LogP contribution in [-0.4, -0.2) is 67.7 Å². The Morgan fingerprint density at radius 3 is 2.86 bits per heavy atom. The number of carboxylic acid groups (broad SMARTS) is 1. The molecule has 0 bridgehead atoms. The molecule has 21 heavy (non-hydrogen) atoms. The van der Waals surface area contributed by atoms with E-state index in [-0.39, 0.29) is 31.4 Å². The highest BCUT2D eigenvalue weighted by atomic mass is 19.3. The number of ether oxygens (including phenoxy) is 1. The number of carbonyl (C=O) groups is 2. The predicted molar refractivity (Wildman–Crippen MR) is 71.2 cm³/mol. The molecule has 8 heteroatoms. The van der Waals surface area contributed by atoms with E-state index < -0.39 is 19.0 Å². The highest BCUT2D eigenvalue weighted by molar-refractivity contribution is 5.76. The molecule has 1 aliphatic heterocycles. The van der Waals surface area contributed by atoms with Crippen LogP contribution in [0, 0.1) is 5.92 Å². The molecular weight excluding hydrogens is 286 g/mol. The van der Waals surface area contributed by atoms with Gasteiger partial charge in [0.05, 0.1) is 19.6 Å². The first-order valence-electron chi connectivity index (χ1n) is 7.05. The lowest BCUT2D eigenvalue weighted by Crippen LogP contribution is -2.43. The molecule has 1 amide bonds. The Morgan fingerprint density at radius 1 is 1.43 bits per heavy atom. The third-order valence-electron chi connectivity index (χ3n) is 3.29. The zero-order valence-electron chi connectivity index (χ0n) is 11.9. The molecule has 0 aromatic heterocycles. The van der Waals surface area contributed by atoms with Gasteiger partial charge in [-0.15, -0.1) is 0 Å². The zero-order valence-corrected chi connectivity index (χ0v) is 11.9. The molecule has 0 radical (unpaired) electrons. The summed E-state index contributed by atoms with van der Waals surface area (Å²) in [5.41, 5.74) is 0. The van der Waals surface area contributed by atoms with Crippen molar-refractivity contribution in [2.75, 3.05) is 39.4 Å². The number of likely N-dealkylation sites (tertiary alicyclic amines) is 1. The van der Waals surface area contributed by atoms with Crippen LogP contribution in [0.4, 0.5) is 8.78 Å². The minimum absolute atomic E-state index is 0.00159. The van der Waals surface area contributed by atoms with Crippen LogP contribution in [0.2, 0.25) is 0 Å². The van der Waals surface area contributed by atoms with E-state index >= 15 is 0 Å². The van der Waals surface area contributed by atoms with Crippen molar-refractivity contribution in [3.8, 4) is 0 Å². The third-order valence-corrected chi connectivity index (χ3v) is 3.29. The van der Waals surface area contributed by atoms with E-state index in [2.05, 4.69) is 5.32 Å². The maximum atomic E-state index is 11.9. The van der Waals surface area contributed by atoms with E-state index in [1.54, 1.807) is 4.90 Å². The van der Waals surface area contributed by atoms with Gasteiger partial charge >= 0.3 is 5.97 Å². The summed E-state index contributed by atoms with van der Waals surface area (Å²) in [6.45, 7) is 1.05. The fourth-order valence-electron chi connectivity index (χ4n) is 2.33. The number of nitrogens with one attached hydrogen (secondary N) is 1. The average Bonchev–Trinajstić information content (AvgIpc) is 2.43. The highest BCUT2D eigenvalue weighted by Gasteiger charge is 2.23. The summed E-state index contributed by atoms with van der Waals surface area (Å²) in [7, 11) is 0. The number of aliphatic carboxylic acids is 1. The Kier molecular flexibility index (Phi) is 8.14. The quantitative estimate of drug-likeness (QED) is 0.609. The van der Waals surface area contributed by atoms with Gasteiger partial charge in [-0.2, -0.15) is 0 Å². The van der Waals surface area contributed by atoms with E-state index in [1.807, 2.05) is 0 Å². The summed E-state index contributed by atoms with van der Waals surface area (Å²) in [6, 6.07) is 0. The van der Waals surface area contributed by atoms with E-state index in [0.29, 0.717) is 19.6 Å². The van der Waals surface area contributed by atoms with Gasteiger partial charge < -0.3 is 20.1 Å². The van der Waals surface area contributed by atoms with Gasteiger partial charge in [-0.25, -0.2) is 8.78 Å². The van der Waals surface area contributed by atoms with Crippen molar-refractivity contribution in [3.05, 3.63) is 0 Å². The van der Waals surface area contributed by atoms with Gasteiger partial charge in [0, 0.05) is 19.6 Å². The maximum absolute atomic E-state index is 11.9. The van der Waals surface area contributed by atoms with Crippen molar-refractivity contribution >= 4 is 11.9 Å². The lowest BCUT2D eigenvalue weighted by atomic mass is 9.97. The van der Waals surface area contributed by atoms with Crippen LogP contribution in [0.1, 0.15) is 19.3 Å². The average molecular weight is 308 g/mol. The van der Waals surface area contributed by atoms with Crippen molar-refractivity contribution in [1.82, 2.24) is 10.2 Å². The Labute approximate surface area is 122 Å². The first-order valence-corrected chi connectivity index (χ1v) is 7.05. The monoisotopic (exact) mass is 308 g/mol. The number of piperidine rings is 1. The summed E-state index contributed by atoms with van der Waals surface area (Å²) in [5, 5.41) is 11.4. The van der Waals surface area contributed by atoms with Crippen LogP contribution in [-0.2, 0) is 14.3 Å². The first-order chi connectivity index (χ1) is 9.99. The summed E-state index contributed by atoms with van der Waals surface area (Å²) < 4.78 is 28.4. The fourth-order valence-corrected chi connectivity index (χ4v) is 2.33. The standard InChI is InChI=1S/C13H22F2N2O4/c14-11(15)9-21-5-3-12(18)17-4-1-2-10(8-17)6-16-7-13(19)20/h10-11,16H,1-9H2,(H,19,20). The molecule has 1 saturated heterocycles. The lowest BCUT2D eigenvalue weighted by molar-refractivity contribution is -0.137. The molecule has 1 aliphatic rings. The van der Waals surface area contributed by atoms with Gasteiger partial charge in [-0.05, 0) is 18.8 Å². The van der Waals surface area contributed by atoms with E-state index in [9.17, 15) is 18.4 Å². The number of amides is 1. The molecule has 1 atom stereocenters. The highest BCUT2D eigenvalue weighted by Crippen LogP contribution is 2.16. The Balaban J connectivity index is 2.21. The second-order valence-corrected chi connectivity index (χ2v) is 5.09. The summed E-state index contributed by atoms with van der Waals surface area (Å²) in [5.74, 6) is -0.786. The number of nitrogens with zero attached hydrogens (tertiary/aromatic N) is 1. The van der Waals surface area contributed by atoms with Gasteiger partial charge in [-0.3, -0.25) is 9.59 Å². The molecule has 2 N–H and O–H groups in total. The summed E-state index contributed by atoms with van der Waals surface area (Å²) in [6.07, 6.45) is -0.608. The van der Waals surface area contributed by atoms with Crippen molar-refractivity contribution in [1.29, 1.82) is 0 Å². The molecule has 0 spiro atoms. The molecule has 1 rings (SSSR count). The van der Waals surface area contributed by atoms with E-state index in [4.69, 9.17) is 9.84 Å². The second kappa shape index (κ2) is 9.62. The number of rotatable bonds is 9. The fraction of sp³-hybridized carbons (Fsp3) is 0.846. The Hall–Kier alpha value is -1.28.